The van der Waals surface area contributed by atoms with Crippen LogP contribution in [-0.4, -0.2) is 36.2 Å². The second-order valence-electron chi connectivity index (χ2n) is 4.20. The number of hydrogen-bond acceptors (Lipinski definition) is 7. The summed E-state index contributed by atoms with van der Waals surface area (Å²) >= 11 is 7.46. The van der Waals surface area contributed by atoms with Crippen LogP contribution in [0.1, 0.15) is 24.4 Å². The van der Waals surface area contributed by atoms with Gasteiger partial charge in [-0.15, -0.1) is 5.10 Å². The molecule has 8 nitrogen and oxygen atoms in total. The molecular weight excluding hydrogens is 302 g/mol. The molecule has 3 rings (SSSR count). The summed E-state index contributed by atoms with van der Waals surface area (Å²) in [4.78, 5) is 4.18. The third-order valence-electron chi connectivity index (χ3n) is 2.78. The van der Waals surface area contributed by atoms with Crippen molar-refractivity contribution in [2.45, 2.75) is 29.1 Å². The fourth-order valence-electron chi connectivity index (χ4n) is 1.63. The summed E-state index contributed by atoms with van der Waals surface area (Å²) in [5.41, 5.74) is 5.97. The van der Waals surface area contributed by atoms with Crippen LogP contribution in [0.15, 0.2) is 27.6 Å². The number of halogens is 1. The van der Waals surface area contributed by atoms with Crippen molar-refractivity contribution >= 4 is 29.2 Å². The normalized spacial score (nSPS) is 15.6. The summed E-state index contributed by atoms with van der Waals surface area (Å²) in [6, 6.07) is 1.93. The van der Waals surface area contributed by atoms with Crippen LogP contribution in [0.2, 0.25) is 5.02 Å². The van der Waals surface area contributed by atoms with Gasteiger partial charge in [-0.05, 0) is 41.1 Å². The minimum Gasteiger partial charge on any atom is -0.409 e. The number of hydrogen-bond donors (Lipinski definition) is 2. The van der Waals surface area contributed by atoms with Gasteiger partial charge in [0, 0.05) is 11.8 Å². The summed E-state index contributed by atoms with van der Waals surface area (Å²) in [5.74, 6) is -0.0685. The van der Waals surface area contributed by atoms with Crippen LogP contribution >= 0.6 is 23.4 Å². The molecule has 2 aromatic rings. The first-order valence-electron chi connectivity index (χ1n) is 5.79. The molecule has 10 heteroatoms. The van der Waals surface area contributed by atoms with E-state index in [9.17, 15) is 0 Å². The van der Waals surface area contributed by atoms with Gasteiger partial charge < -0.3 is 10.9 Å². The van der Waals surface area contributed by atoms with Crippen LogP contribution < -0.4 is 5.73 Å². The van der Waals surface area contributed by atoms with E-state index in [-0.39, 0.29) is 5.84 Å². The molecule has 0 saturated heterocycles. The fourth-order valence-corrected chi connectivity index (χ4v) is 2.80. The predicted molar refractivity (Wildman–Crippen MR) is 72.0 cm³/mol. The predicted octanol–water partition coefficient (Wildman–Crippen LogP) is 1.30. The van der Waals surface area contributed by atoms with Crippen molar-refractivity contribution in [2.24, 2.45) is 10.9 Å². The molecule has 0 bridgehead atoms. The number of nitrogens with two attached hydrogens (primary N) is 1. The van der Waals surface area contributed by atoms with Gasteiger partial charge in [-0.1, -0.05) is 16.8 Å². The molecule has 3 N–H and O–H groups in total. The smallest absolute Gasteiger partial charge is 0.215 e. The van der Waals surface area contributed by atoms with Crippen molar-refractivity contribution in [3.63, 3.8) is 0 Å². The molecule has 1 fully saturated rings. The van der Waals surface area contributed by atoms with Gasteiger partial charge in [0.05, 0.1) is 11.1 Å². The summed E-state index contributed by atoms with van der Waals surface area (Å²) in [7, 11) is 0. The monoisotopic (exact) mass is 311 g/mol. The van der Waals surface area contributed by atoms with Gasteiger partial charge in [0.1, 0.15) is 5.03 Å². The molecule has 1 aliphatic carbocycles. The third kappa shape index (κ3) is 2.41. The van der Waals surface area contributed by atoms with Gasteiger partial charge in [-0.25, -0.2) is 9.67 Å². The molecule has 20 heavy (non-hydrogen) atoms. The van der Waals surface area contributed by atoms with Crippen LogP contribution in [0.25, 0.3) is 0 Å². The number of amidine groups is 1. The maximum Gasteiger partial charge on any atom is 0.215 e. The molecule has 2 aromatic heterocycles. The summed E-state index contributed by atoms with van der Waals surface area (Å²) in [6.45, 7) is 0. The Labute approximate surface area is 123 Å². The summed E-state index contributed by atoms with van der Waals surface area (Å²) in [6.07, 6.45) is 3.68. The maximum absolute atomic E-state index is 8.73. The lowest BCUT2D eigenvalue weighted by molar-refractivity contribution is 0.318. The lowest BCUT2D eigenvalue weighted by Gasteiger charge is -2.06. The van der Waals surface area contributed by atoms with Gasteiger partial charge in [-0.3, -0.25) is 0 Å². The minimum atomic E-state index is -0.0685. The Morgan fingerprint density at radius 2 is 2.35 bits per heavy atom. The molecular formula is C10H10ClN7OS. The molecule has 1 aliphatic rings. The number of oxime groups is 1. The van der Waals surface area contributed by atoms with E-state index in [1.807, 2.05) is 0 Å². The molecule has 0 aliphatic heterocycles. The van der Waals surface area contributed by atoms with Gasteiger partial charge in [-0.2, -0.15) is 0 Å². The maximum atomic E-state index is 8.73. The molecule has 0 aromatic carbocycles. The largest absolute Gasteiger partial charge is 0.409 e. The lowest BCUT2D eigenvalue weighted by Crippen LogP contribution is -2.14. The van der Waals surface area contributed by atoms with Gasteiger partial charge >= 0.3 is 0 Å². The zero-order valence-electron chi connectivity index (χ0n) is 10.1. The highest BCUT2D eigenvalue weighted by atomic mass is 35.5. The van der Waals surface area contributed by atoms with E-state index in [0.29, 0.717) is 26.8 Å². The van der Waals surface area contributed by atoms with E-state index in [0.717, 1.165) is 12.8 Å². The van der Waals surface area contributed by atoms with Gasteiger partial charge in [0.15, 0.2) is 5.84 Å². The average Bonchev–Trinajstić information content (AvgIpc) is 3.20. The van der Waals surface area contributed by atoms with Gasteiger partial charge in [0.25, 0.3) is 0 Å². The Morgan fingerprint density at radius 1 is 1.55 bits per heavy atom. The van der Waals surface area contributed by atoms with E-state index >= 15 is 0 Å². The number of pyridine rings is 1. The number of tetrazole rings is 1. The third-order valence-corrected chi connectivity index (χ3v) is 4.23. The second-order valence-corrected chi connectivity index (χ2v) is 5.54. The molecule has 0 unspecified atom stereocenters. The first-order valence-corrected chi connectivity index (χ1v) is 6.98. The molecule has 2 heterocycles. The zero-order chi connectivity index (χ0) is 14.1. The Hall–Kier alpha value is -1.87. The molecule has 0 amide bonds. The van der Waals surface area contributed by atoms with Crippen molar-refractivity contribution in [2.75, 3.05) is 0 Å². The molecule has 0 atom stereocenters. The first kappa shape index (κ1) is 13.1. The van der Waals surface area contributed by atoms with Crippen molar-refractivity contribution < 1.29 is 5.21 Å². The fraction of sp³-hybridized carbons (Fsp3) is 0.300. The molecule has 1 saturated carbocycles. The van der Waals surface area contributed by atoms with Crippen molar-refractivity contribution in [1.82, 2.24) is 25.2 Å². The Kier molecular flexibility index (Phi) is 3.45. The van der Waals surface area contributed by atoms with Crippen LogP contribution in [0.5, 0.6) is 0 Å². The van der Waals surface area contributed by atoms with Crippen molar-refractivity contribution in [1.29, 1.82) is 0 Å². The van der Waals surface area contributed by atoms with Crippen LogP contribution in [0.4, 0.5) is 0 Å². The van der Waals surface area contributed by atoms with E-state index in [1.165, 1.54) is 18.0 Å². The van der Waals surface area contributed by atoms with Gasteiger partial charge in [0.2, 0.25) is 5.16 Å². The Morgan fingerprint density at radius 3 is 3.05 bits per heavy atom. The van der Waals surface area contributed by atoms with Crippen molar-refractivity contribution in [3.8, 4) is 0 Å². The number of rotatable bonds is 4. The summed E-state index contributed by atoms with van der Waals surface area (Å²) in [5, 5.41) is 24.7. The minimum absolute atomic E-state index is 0.0685. The highest BCUT2D eigenvalue weighted by Gasteiger charge is 2.28. The number of aromatic nitrogens is 5. The molecule has 0 spiro atoms. The second kappa shape index (κ2) is 5.25. The number of nitrogens with zero attached hydrogens (tertiary/aromatic N) is 6. The molecule has 0 radical (unpaired) electrons. The van der Waals surface area contributed by atoms with E-state index in [2.05, 4.69) is 25.7 Å². The molecule has 104 valence electrons. The Bertz CT molecular complexity index is 669. The lowest BCUT2D eigenvalue weighted by atomic mass is 10.2. The van der Waals surface area contributed by atoms with Crippen LogP contribution in [0, 0.1) is 0 Å². The first-order chi connectivity index (χ1) is 9.70. The van der Waals surface area contributed by atoms with Crippen molar-refractivity contribution in [3.05, 3.63) is 22.8 Å². The SMILES string of the molecule is N/C(=N/O)c1ccnc(Sc2nnnn2C2CC2)c1Cl. The van der Waals surface area contributed by atoms with Crippen LogP contribution in [0.3, 0.4) is 0 Å². The Balaban J connectivity index is 1.92. The van der Waals surface area contributed by atoms with E-state index in [1.54, 1.807) is 10.7 Å². The highest BCUT2D eigenvalue weighted by Crippen LogP contribution is 2.39. The highest BCUT2D eigenvalue weighted by molar-refractivity contribution is 7.99. The van der Waals surface area contributed by atoms with E-state index < -0.39 is 0 Å². The van der Waals surface area contributed by atoms with E-state index in [4.69, 9.17) is 22.5 Å². The topological polar surface area (TPSA) is 115 Å². The standard InChI is InChI=1S/C10H10ClN7OS/c11-7-6(8(12)15-19)3-4-13-9(7)20-10-14-16-17-18(10)5-1-2-5/h3-5,19H,1-2H2,(H2,12,15). The quantitative estimate of drug-likeness (QED) is 0.378. The average molecular weight is 312 g/mol. The van der Waals surface area contributed by atoms with Crippen LogP contribution in [-0.2, 0) is 0 Å². The zero-order valence-corrected chi connectivity index (χ0v) is 11.7. The summed E-state index contributed by atoms with van der Waals surface area (Å²) < 4.78 is 1.76.